The van der Waals surface area contributed by atoms with Crippen LogP contribution in [0, 0.1) is 0 Å². The standard InChI is InChI=1S/C16H20N2O2S/c1-4-12(2)18(3)16(19)13-6-5-7-15(8-13)20-9-14-10-21-11-17-14/h5-8,10-12H,4,9H2,1-3H3. The molecule has 5 heteroatoms. The zero-order chi connectivity index (χ0) is 15.2. The van der Waals surface area contributed by atoms with E-state index in [2.05, 4.69) is 11.9 Å². The molecule has 2 aromatic rings. The van der Waals surface area contributed by atoms with Crippen molar-refractivity contribution in [3.63, 3.8) is 0 Å². The van der Waals surface area contributed by atoms with Crippen LogP contribution in [0.5, 0.6) is 5.75 Å². The van der Waals surface area contributed by atoms with Crippen LogP contribution in [0.1, 0.15) is 36.3 Å². The van der Waals surface area contributed by atoms with Gasteiger partial charge in [0.2, 0.25) is 0 Å². The number of ether oxygens (including phenoxy) is 1. The summed E-state index contributed by atoms with van der Waals surface area (Å²) in [4.78, 5) is 18.3. The van der Waals surface area contributed by atoms with Gasteiger partial charge >= 0.3 is 0 Å². The number of carbonyl (C=O) groups is 1. The van der Waals surface area contributed by atoms with E-state index in [0.29, 0.717) is 17.9 Å². The summed E-state index contributed by atoms with van der Waals surface area (Å²) >= 11 is 1.54. The lowest BCUT2D eigenvalue weighted by atomic mass is 10.1. The van der Waals surface area contributed by atoms with Gasteiger partial charge in [0.1, 0.15) is 12.4 Å². The summed E-state index contributed by atoms with van der Waals surface area (Å²) < 4.78 is 5.68. The molecule has 0 saturated carbocycles. The van der Waals surface area contributed by atoms with Crippen LogP contribution in [0.15, 0.2) is 35.2 Å². The first kappa shape index (κ1) is 15.5. The minimum atomic E-state index is 0.0171. The van der Waals surface area contributed by atoms with Gasteiger partial charge in [-0.3, -0.25) is 4.79 Å². The highest BCUT2D eigenvalue weighted by molar-refractivity contribution is 7.07. The number of thiazole rings is 1. The molecule has 0 fully saturated rings. The summed E-state index contributed by atoms with van der Waals surface area (Å²) in [7, 11) is 1.83. The quantitative estimate of drug-likeness (QED) is 0.819. The van der Waals surface area contributed by atoms with Crippen LogP contribution in [0.2, 0.25) is 0 Å². The second-order valence-electron chi connectivity index (χ2n) is 4.97. The zero-order valence-corrected chi connectivity index (χ0v) is 13.4. The second kappa shape index (κ2) is 7.22. The minimum absolute atomic E-state index is 0.0171. The van der Waals surface area contributed by atoms with Gasteiger partial charge in [0, 0.05) is 24.0 Å². The predicted octanol–water partition coefficient (Wildman–Crippen LogP) is 3.59. The van der Waals surface area contributed by atoms with Crippen molar-refractivity contribution in [2.24, 2.45) is 0 Å². The average molecular weight is 304 g/mol. The molecule has 0 spiro atoms. The number of hydrogen-bond donors (Lipinski definition) is 0. The van der Waals surface area contributed by atoms with E-state index in [1.807, 2.05) is 37.6 Å². The van der Waals surface area contributed by atoms with Gasteiger partial charge in [-0.05, 0) is 31.5 Å². The molecule has 1 unspecified atom stereocenters. The Hall–Kier alpha value is -1.88. The Balaban J connectivity index is 2.04. The molecule has 0 radical (unpaired) electrons. The number of amides is 1. The number of benzene rings is 1. The van der Waals surface area contributed by atoms with Gasteiger partial charge in [0.05, 0.1) is 11.2 Å². The van der Waals surface area contributed by atoms with Crippen molar-refractivity contribution in [2.45, 2.75) is 32.9 Å². The molecule has 1 aromatic heterocycles. The molecule has 0 aliphatic heterocycles. The SMILES string of the molecule is CCC(C)N(C)C(=O)c1cccc(OCc2cscn2)c1. The van der Waals surface area contributed by atoms with Gasteiger partial charge in [0.15, 0.2) is 0 Å². The third kappa shape index (κ3) is 4.04. The first-order valence-corrected chi connectivity index (χ1v) is 7.93. The van der Waals surface area contributed by atoms with Gasteiger partial charge in [-0.25, -0.2) is 4.98 Å². The fraction of sp³-hybridized carbons (Fsp3) is 0.375. The molecule has 1 amide bonds. The highest BCUT2D eigenvalue weighted by atomic mass is 32.1. The van der Waals surface area contributed by atoms with E-state index in [-0.39, 0.29) is 11.9 Å². The molecular formula is C16H20N2O2S. The molecule has 0 bridgehead atoms. The molecule has 0 N–H and O–H groups in total. The van der Waals surface area contributed by atoms with Gasteiger partial charge in [0.25, 0.3) is 5.91 Å². The van der Waals surface area contributed by atoms with E-state index in [9.17, 15) is 4.79 Å². The summed E-state index contributed by atoms with van der Waals surface area (Å²) in [6.45, 7) is 4.53. The number of carbonyl (C=O) groups excluding carboxylic acids is 1. The van der Waals surface area contributed by atoms with Crippen LogP contribution < -0.4 is 4.74 Å². The number of nitrogens with zero attached hydrogens (tertiary/aromatic N) is 2. The molecule has 1 heterocycles. The Morgan fingerprint density at radius 3 is 2.95 bits per heavy atom. The Kier molecular flexibility index (Phi) is 5.33. The third-order valence-corrected chi connectivity index (χ3v) is 4.16. The Labute approximate surface area is 129 Å². The predicted molar refractivity (Wildman–Crippen MR) is 84.7 cm³/mol. The molecule has 2 rings (SSSR count). The minimum Gasteiger partial charge on any atom is -0.487 e. The second-order valence-corrected chi connectivity index (χ2v) is 5.69. The maximum absolute atomic E-state index is 12.4. The van der Waals surface area contributed by atoms with Gasteiger partial charge in [-0.2, -0.15) is 0 Å². The molecule has 21 heavy (non-hydrogen) atoms. The maximum Gasteiger partial charge on any atom is 0.253 e. The topological polar surface area (TPSA) is 42.4 Å². The summed E-state index contributed by atoms with van der Waals surface area (Å²) in [6, 6.07) is 7.52. The van der Waals surface area contributed by atoms with Crippen LogP contribution in [-0.4, -0.2) is 28.9 Å². The molecule has 4 nitrogen and oxygen atoms in total. The van der Waals surface area contributed by atoms with Crippen molar-refractivity contribution in [2.75, 3.05) is 7.05 Å². The van der Waals surface area contributed by atoms with E-state index in [4.69, 9.17) is 4.74 Å². The summed E-state index contributed by atoms with van der Waals surface area (Å²) in [5.41, 5.74) is 3.32. The molecule has 1 aromatic carbocycles. The number of rotatable bonds is 6. The summed E-state index contributed by atoms with van der Waals surface area (Å²) in [6.07, 6.45) is 0.933. The van der Waals surface area contributed by atoms with Gasteiger partial charge in [-0.1, -0.05) is 13.0 Å². The fourth-order valence-corrected chi connectivity index (χ4v) is 2.41. The fourth-order valence-electron chi connectivity index (χ4n) is 1.86. The number of hydrogen-bond acceptors (Lipinski definition) is 4. The van der Waals surface area contributed by atoms with Crippen LogP contribution >= 0.6 is 11.3 Å². The third-order valence-electron chi connectivity index (χ3n) is 3.52. The molecule has 1 atom stereocenters. The smallest absolute Gasteiger partial charge is 0.253 e. The molecule has 112 valence electrons. The van der Waals surface area contributed by atoms with Crippen LogP contribution in [0.25, 0.3) is 0 Å². The highest BCUT2D eigenvalue weighted by Crippen LogP contribution is 2.17. The van der Waals surface area contributed by atoms with Crippen molar-refractivity contribution < 1.29 is 9.53 Å². The first-order chi connectivity index (χ1) is 10.1. The van der Waals surface area contributed by atoms with Crippen LogP contribution in [-0.2, 0) is 6.61 Å². The monoisotopic (exact) mass is 304 g/mol. The van der Waals surface area contributed by atoms with E-state index in [0.717, 1.165) is 12.1 Å². The highest BCUT2D eigenvalue weighted by Gasteiger charge is 2.16. The first-order valence-electron chi connectivity index (χ1n) is 6.99. The Morgan fingerprint density at radius 2 is 2.29 bits per heavy atom. The normalized spacial score (nSPS) is 12.0. The Morgan fingerprint density at radius 1 is 1.48 bits per heavy atom. The maximum atomic E-state index is 12.4. The summed E-state index contributed by atoms with van der Waals surface area (Å²) in [5.74, 6) is 0.704. The zero-order valence-electron chi connectivity index (χ0n) is 12.6. The molecular weight excluding hydrogens is 284 g/mol. The van der Waals surface area contributed by atoms with Gasteiger partial charge < -0.3 is 9.64 Å². The lowest BCUT2D eigenvalue weighted by Crippen LogP contribution is -2.34. The van der Waals surface area contributed by atoms with Gasteiger partial charge in [-0.15, -0.1) is 11.3 Å². The number of aromatic nitrogens is 1. The van der Waals surface area contributed by atoms with Crippen molar-refractivity contribution >= 4 is 17.2 Å². The molecule has 0 aliphatic carbocycles. The van der Waals surface area contributed by atoms with Crippen LogP contribution in [0.3, 0.4) is 0 Å². The van der Waals surface area contributed by atoms with E-state index < -0.39 is 0 Å². The van der Waals surface area contributed by atoms with Crippen molar-refractivity contribution in [3.05, 3.63) is 46.4 Å². The lowest BCUT2D eigenvalue weighted by molar-refractivity contribution is 0.0740. The lowest BCUT2D eigenvalue weighted by Gasteiger charge is -2.24. The molecule has 0 saturated heterocycles. The molecule has 0 aliphatic rings. The van der Waals surface area contributed by atoms with E-state index in [1.165, 1.54) is 0 Å². The Bertz CT molecular complexity index is 584. The van der Waals surface area contributed by atoms with E-state index >= 15 is 0 Å². The van der Waals surface area contributed by atoms with Crippen LogP contribution in [0.4, 0.5) is 0 Å². The van der Waals surface area contributed by atoms with Crippen molar-refractivity contribution in [3.8, 4) is 5.75 Å². The van der Waals surface area contributed by atoms with Crippen molar-refractivity contribution in [1.29, 1.82) is 0 Å². The largest absolute Gasteiger partial charge is 0.487 e. The van der Waals surface area contributed by atoms with E-state index in [1.54, 1.807) is 27.8 Å². The average Bonchev–Trinajstić information content (AvgIpc) is 3.04. The van der Waals surface area contributed by atoms with Crippen molar-refractivity contribution in [1.82, 2.24) is 9.88 Å². The summed E-state index contributed by atoms with van der Waals surface area (Å²) in [5, 5.41) is 1.95.